The first-order valence-corrected chi connectivity index (χ1v) is 4.23. The summed E-state index contributed by atoms with van der Waals surface area (Å²) in [4.78, 5) is 14.7. The molecule has 0 aliphatic heterocycles. The number of hydrogen-bond acceptors (Lipinski definition) is 3. The molecule has 0 atom stereocenters. The summed E-state index contributed by atoms with van der Waals surface area (Å²) >= 11 is 0. The van der Waals surface area contributed by atoms with Gasteiger partial charge < -0.3 is 0 Å². The maximum atomic E-state index is 10.7. The molecule has 0 fully saturated rings. The van der Waals surface area contributed by atoms with Gasteiger partial charge in [-0.1, -0.05) is 0 Å². The Kier molecular flexibility index (Phi) is 2.10. The molecule has 0 aliphatic rings. The van der Waals surface area contributed by atoms with Gasteiger partial charge in [0.25, 0.3) is 0 Å². The third-order valence-electron chi connectivity index (χ3n) is 1.93. The minimum absolute atomic E-state index is 0.586. The Bertz CT molecular complexity index is 462. The zero-order valence-electron chi connectivity index (χ0n) is 7.71. The molecule has 0 saturated heterocycles. The lowest BCUT2D eigenvalue weighted by Gasteiger charge is -2.02. The van der Waals surface area contributed by atoms with E-state index in [4.69, 9.17) is 0 Å². The molecular weight excluding hydrogens is 178 g/mol. The summed E-state index contributed by atoms with van der Waals surface area (Å²) in [5, 5.41) is 4.21. The maximum Gasteiger partial charge on any atom is 0.152 e. The van der Waals surface area contributed by atoms with Gasteiger partial charge in [-0.05, 0) is 19.1 Å². The summed E-state index contributed by atoms with van der Waals surface area (Å²) in [6.07, 6.45) is 5.81. The van der Waals surface area contributed by atoms with E-state index in [1.807, 2.05) is 13.0 Å². The maximum absolute atomic E-state index is 10.7. The molecule has 2 heterocycles. The van der Waals surface area contributed by atoms with Gasteiger partial charge in [-0.25, -0.2) is 4.68 Å². The number of rotatable bonds is 2. The normalized spacial score (nSPS) is 10.1. The predicted molar refractivity (Wildman–Crippen MR) is 51.5 cm³/mol. The molecule has 70 valence electrons. The number of carbonyl (C=O) groups excluding carboxylic acids is 1. The molecule has 0 spiro atoms. The van der Waals surface area contributed by atoms with Crippen molar-refractivity contribution in [1.82, 2.24) is 14.8 Å². The van der Waals surface area contributed by atoms with E-state index in [1.54, 1.807) is 29.3 Å². The smallest absolute Gasteiger partial charge is 0.152 e. The third-order valence-corrected chi connectivity index (χ3v) is 1.93. The lowest BCUT2D eigenvalue weighted by molar-refractivity contribution is 0.112. The van der Waals surface area contributed by atoms with E-state index in [0.717, 1.165) is 12.0 Å². The molecule has 4 heteroatoms. The summed E-state index contributed by atoms with van der Waals surface area (Å²) in [6.45, 7) is 1.90. The Hall–Kier alpha value is -1.97. The summed E-state index contributed by atoms with van der Waals surface area (Å²) in [5.41, 5.74) is 2.20. The van der Waals surface area contributed by atoms with Gasteiger partial charge >= 0.3 is 0 Å². The van der Waals surface area contributed by atoms with Crippen LogP contribution in [0.4, 0.5) is 0 Å². The van der Waals surface area contributed by atoms with Crippen molar-refractivity contribution in [2.24, 2.45) is 0 Å². The number of aromatic nitrogens is 3. The number of aryl methyl sites for hydroxylation is 1. The second-order valence-electron chi connectivity index (χ2n) is 2.95. The Morgan fingerprint density at radius 3 is 2.93 bits per heavy atom. The van der Waals surface area contributed by atoms with Crippen molar-refractivity contribution in [1.29, 1.82) is 0 Å². The number of pyridine rings is 1. The molecule has 14 heavy (non-hydrogen) atoms. The molecule has 2 aromatic heterocycles. The second kappa shape index (κ2) is 3.41. The van der Waals surface area contributed by atoms with Crippen LogP contribution in [0.2, 0.25) is 0 Å². The molecule has 4 nitrogen and oxygen atoms in total. The Labute approximate surface area is 81.2 Å². The van der Waals surface area contributed by atoms with Crippen LogP contribution in [0.25, 0.3) is 5.69 Å². The van der Waals surface area contributed by atoms with Gasteiger partial charge in [0, 0.05) is 18.0 Å². The highest BCUT2D eigenvalue weighted by Crippen LogP contribution is 2.10. The Balaban J connectivity index is 2.55. The largest absolute Gasteiger partial charge is 0.298 e. The van der Waals surface area contributed by atoms with Crippen LogP contribution in [0.1, 0.15) is 16.1 Å². The monoisotopic (exact) mass is 187 g/mol. The van der Waals surface area contributed by atoms with Gasteiger partial charge in [0.1, 0.15) is 0 Å². The SMILES string of the molecule is Cc1ccn(-c2cnccc2C=O)n1. The number of hydrogen-bond donors (Lipinski definition) is 0. The summed E-state index contributed by atoms with van der Waals surface area (Å²) in [6, 6.07) is 3.54. The van der Waals surface area contributed by atoms with Crippen LogP contribution in [0, 0.1) is 6.92 Å². The van der Waals surface area contributed by atoms with Crippen molar-refractivity contribution >= 4 is 6.29 Å². The van der Waals surface area contributed by atoms with E-state index in [0.29, 0.717) is 11.3 Å². The van der Waals surface area contributed by atoms with Crippen molar-refractivity contribution < 1.29 is 4.79 Å². The van der Waals surface area contributed by atoms with Crippen molar-refractivity contribution in [3.05, 3.63) is 42.0 Å². The fraction of sp³-hybridized carbons (Fsp3) is 0.100. The molecule has 0 N–H and O–H groups in total. The number of carbonyl (C=O) groups is 1. The van der Waals surface area contributed by atoms with Gasteiger partial charge in [-0.3, -0.25) is 9.78 Å². The van der Waals surface area contributed by atoms with E-state index in [9.17, 15) is 4.79 Å². The molecular formula is C10H9N3O. The average Bonchev–Trinajstić information content (AvgIpc) is 2.65. The molecule has 0 aromatic carbocycles. The van der Waals surface area contributed by atoms with Gasteiger partial charge in [-0.2, -0.15) is 5.10 Å². The molecule has 0 radical (unpaired) electrons. The molecule has 0 bridgehead atoms. The first kappa shape index (κ1) is 8.62. The van der Waals surface area contributed by atoms with Crippen LogP contribution in [0.3, 0.4) is 0 Å². The molecule has 2 aromatic rings. The highest BCUT2D eigenvalue weighted by Gasteiger charge is 2.03. The number of nitrogens with zero attached hydrogens (tertiary/aromatic N) is 3. The van der Waals surface area contributed by atoms with Crippen molar-refractivity contribution in [3.63, 3.8) is 0 Å². The summed E-state index contributed by atoms with van der Waals surface area (Å²) in [7, 11) is 0. The molecule has 0 unspecified atom stereocenters. The Morgan fingerprint density at radius 2 is 2.29 bits per heavy atom. The van der Waals surface area contributed by atoms with E-state index in [2.05, 4.69) is 10.1 Å². The standard InChI is InChI=1S/C10H9N3O/c1-8-3-5-13(12-8)10-6-11-4-2-9(10)7-14/h2-7H,1H3. The van der Waals surface area contributed by atoms with Crippen LogP contribution in [0.5, 0.6) is 0 Å². The molecule has 0 saturated carbocycles. The van der Waals surface area contributed by atoms with E-state index in [-0.39, 0.29) is 0 Å². The van der Waals surface area contributed by atoms with Crippen molar-refractivity contribution in [2.45, 2.75) is 6.92 Å². The van der Waals surface area contributed by atoms with Gasteiger partial charge in [0.15, 0.2) is 6.29 Å². The van der Waals surface area contributed by atoms with Crippen LogP contribution < -0.4 is 0 Å². The average molecular weight is 187 g/mol. The van der Waals surface area contributed by atoms with Crippen LogP contribution in [-0.2, 0) is 0 Å². The third kappa shape index (κ3) is 1.42. The zero-order valence-corrected chi connectivity index (χ0v) is 7.71. The van der Waals surface area contributed by atoms with Gasteiger partial charge in [0.2, 0.25) is 0 Å². The molecule has 0 aliphatic carbocycles. The highest BCUT2D eigenvalue weighted by molar-refractivity contribution is 5.80. The van der Waals surface area contributed by atoms with E-state index < -0.39 is 0 Å². The summed E-state index contributed by atoms with van der Waals surface area (Å²) < 4.78 is 1.64. The zero-order chi connectivity index (χ0) is 9.97. The lowest BCUT2D eigenvalue weighted by atomic mass is 10.2. The Morgan fingerprint density at radius 1 is 1.43 bits per heavy atom. The predicted octanol–water partition coefficient (Wildman–Crippen LogP) is 1.39. The topological polar surface area (TPSA) is 47.8 Å². The van der Waals surface area contributed by atoms with Crippen LogP contribution in [0.15, 0.2) is 30.7 Å². The highest BCUT2D eigenvalue weighted by atomic mass is 16.1. The summed E-state index contributed by atoms with van der Waals surface area (Å²) in [5.74, 6) is 0. The van der Waals surface area contributed by atoms with Crippen molar-refractivity contribution in [3.8, 4) is 5.69 Å². The van der Waals surface area contributed by atoms with Crippen LogP contribution >= 0.6 is 0 Å². The fourth-order valence-electron chi connectivity index (χ4n) is 1.24. The van der Waals surface area contributed by atoms with Crippen molar-refractivity contribution in [2.75, 3.05) is 0 Å². The van der Waals surface area contributed by atoms with E-state index >= 15 is 0 Å². The molecule has 2 rings (SSSR count). The second-order valence-corrected chi connectivity index (χ2v) is 2.95. The van der Waals surface area contributed by atoms with Crippen LogP contribution in [-0.4, -0.2) is 21.1 Å². The minimum Gasteiger partial charge on any atom is -0.298 e. The first-order chi connectivity index (χ1) is 6.81. The minimum atomic E-state index is 0.586. The van der Waals surface area contributed by atoms with E-state index in [1.165, 1.54) is 0 Å². The van der Waals surface area contributed by atoms with Gasteiger partial charge in [0.05, 0.1) is 17.6 Å². The number of aldehydes is 1. The van der Waals surface area contributed by atoms with Gasteiger partial charge in [-0.15, -0.1) is 0 Å². The lowest BCUT2D eigenvalue weighted by Crippen LogP contribution is -2.00. The quantitative estimate of drug-likeness (QED) is 0.667. The molecule has 0 amide bonds. The fourth-order valence-corrected chi connectivity index (χ4v) is 1.24. The first-order valence-electron chi connectivity index (χ1n) is 4.23.